The molecule has 0 N–H and O–H groups in total. The fraction of sp³-hybridized carbons (Fsp3) is 0.0732. The molecule has 0 aliphatic carbocycles. The van der Waals surface area contributed by atoms with Gasteiger partial charge in [-0.25, -0.2) is 0 Å². The van der Waals surface area contributed by atoms with Crippen molar-refractivity contribution in [2.75, 3.05) is 9.80 Å². The van der Waals surface area contributed by atoms with Gasteiger partial charge in [0.15, 0.2) is 92.2 Å². The van der Waals surface area contributed by atoms with E-state index in [0.29, 0.717) is 0 Å². The number of fused-ring (bicyclic) bond motifs is 19. The van der Waals surface area contributed by atoms with Crippen LogP contribution in [0.15, 0.2) is 401 Å². The lowest BCUT2D eigenvalue weighted by molar-refractivity contribution is -0.999. The summed E-state index contributed by atoms with van der Waals surface area (Å²) < 4.78 is 57.3. The lowest BCUT2D eigenvalue weighted by Gasteiger charge is -2.41. The molecular weight excluding hydrogens is 1730 g/mol. The summed E-state index contributed by atoms with van der Waals surface area (Å²) in [5.41, 5.74) is 40.3. The smallest absolute Gasteiger partial charge is 0.449 e. The first-order valence-corrected chi connectivity index (χ1v) is 47.9. The molecule has 7 aromatic heterocycles. The molecule has 0 saturated carbocycles. The number of rotatable bonds is 6. The normalized spacial score (nSPS) is 16.6. The summed E-state index contributed by atoms with van der Waals surface area (Å²) >= 11 is 0. The van der Waals surface area contributed by atoms with Crippen LogP contribution in [0.25, 0.3) is 111 Å². The highest BCUT2D eigenvalue weighted by Gasteiger charge is 2.76. The molecule has 0 bridgehead atoms. The number of hydrogen-bond acceptors (Lipinski definition) is 7. The van der Waals surface area contributed by atoms with Crippen LogP contribution in [0.2, 0.25) is 0 Å². The zero-order chi connectivity index (χ0) is 92.3. The second-order valence-corrected chi connectivity index (χ2v) is 38.3. The van der Waals surface area contributed by atoms with Crippen molar-refractivity contribution < 1.29 is 51.4 Å². The van der Waals surface area contributed by atoms with Gasteiger partial charge in [0.1, 0.15) is 28.4 Å². The highest BCUT2D eigenvalue weighted by Crippen LogP contribution is 2.67. The van der Waals surface area contributed by atoms with Gasteiger partial charge in [-0.3, -0.25) is 0 Å². The predicted molar refractivity (Wildman–Crippen MR) is 538 cm³/mol. The molecule has 11 aliphatic rings. The van der Waals surface area contributed by atoms with E-state index in [4.69, 9.17) is 23.7 Å². The Kier molecular flexibility index (Phi) is 15.2. The molecule has 11 aliphatic heterocycles. The highest BCUT2D eigenvalue weighted by atomic mass is 16.5. The van der Waals surface area contributed by atoms with Crippen LogP contribution in [-0.2, 0) is 17.0 Å². The topological polar surface area (TPSA) is 95.6 Å². The quantitative estimate of drug-likeness (QED) is 0.153. The van der Waals surface area contributed by atoms with Crippen LogP contribution in [0.5, 0.6) is 57.9 Å². The molecule has 0 radical (unpaired) electrons. The Morgan fingerprint density at radius 3 is 1.24 bits per heavy atom. The predicted octanol–water partition coefficient (Wildman–Crippen LogP) is 25.3. The Morgan fingerprint density at radius 2 is 0.664 bits per heavy atom. The summed E-state index contributed by atoms with van der Waals surface area (Å²) in [7, 11) is 0. The number of benzene rings is 15. The number of aryl methyl sites for hydroxylation is 4. The molecule has 33 rings (SSSR count). The van der Waals surface area contributed by atoms with Crippen molar-refractivity contribution in [1.82, 2.24) is 18.6 Å². The summed E-state index contributed by atoms with van der Waals surface area (Å²) in [5.74, 6) is 8.31. The van der Waals surface area contributed by atoms with Crippen LogP contribution in [0.4, 0.5) is 34.1 Å². The summed E-state index contributed by atoms with van der Waals surface area (Å²) in [5, 5.41) is 2.54. The van der Waals surface area contributed by atoms with E-state index in [2.05, 4.69) is 457 Å². The molecule has 18 heterocycles. The number of para-hydroxylation sites is 5. The minimum atomic E-state index is -0.752. The van der Waals surface area contributed by atoms with Crippen molar-refractivity contribution in [2.45, 2.75) is 58.5 Å². The first-order valence-electron chi connectivity index (χ1n) is 47.9. The van der Waals surface area contributed by atoms with Gasteiger partial charge < -0.3 is 38.1 Å². The number of nitrogens with zero attached hydrogens (tertiary/aromatic N) is 12. The molecule has 15 aromatic carbocycles. The Labute approximate surface area is 804 Å². The molecule has 0 fully saturated rings. The number of pyridine rings is 3. The minimum absolute atomic E-state index is 0.683. The van der Waals surface area contributed by atoms with Gasteiger partial charge >= 0.3 is 34.6 Å². The zero-order valence-corrected chi connectivity index (χ0v) is 77.0. The molecule has 22 aromatic rings. The minimum Gasteiger partial charge on any atom is -0.453 e. The van der Waals surface area contributed by atoms with Gasteiger partial charge in [-0.2, -0.15) is 0 Å². The van der Waals surface area contributed by atoms with E-state index in [9.17, 15) is 0 Å². The van der Waals surface area contributed by atoms with Crippen LogP contribution in [0.1, 0.15) is 67.0 Å². The molecule has 17 heteroatoms. The van der Waals surface area contributed by atoms with Gasteiger partial charge in [0.05, 0.1) is 92.4 Å². The van der Waals surface area contributed by atoms with E-state index in [1.165, 1.54) is 145 Å². The van der Waals surface area contributed by atoms with E-state index in [0.717, 1.165) is 126 Å². The van der Waals surface area contributed by atoms with E-state index in [-0.39, 0.29) is 0 Å². The number of hydrogen-bond donors (Lipinski definition) is 0. The Bertz CT molecular complexity index is 9230. The van der Waals surface area contributed by atoms with Crippen LogP contribution in [0.3, 0.4) is 0 Å². The van der Waals surface area contributed by atoms with E-state index in [1.807, 2.05) is 42.5 Å². The fourth-order valence-corrected chi connectivity index (χ4v) is 26.0. The van der Waals surface area contributed by atoms with Crippen LogP contribution >= 0.6 is 0 Å². The third-order valence-electron chi connectivity index (χ3n) is 31.0. The lowest BCUT2D eigenvalue weighted by Crippen LogP contribution is -2.77. The van der Waals surface area contributed by atoms with Crippen LogP contribution in [-0.4, -0.2) is 18.6 Å². The second kappa shape index (κ2) is 27.6. The third kappa shape index (κ3) is 9.64. The summed E-state index contributed by atoms with van der Waals surface area (Å²) in [6.45, 7) is 13.5. The average Bonchev–Trinajstić information content (AvgIpc) is 1.46. The van der Waals surface area contributed by atoms with E-state index in [1.54, 1.807) is 0 Å². The van der Waals surface area contributed by atoms with Crippen LogP contribution in [0, 0.1) is 41.5 Å². The summed E-state index contributed by atoms with van der Waals surface area (Å²) in [6, 6.07) is 127. The maximum atomic E-state index is 6.73. The Morgan fingerprint density at radius 1 is 0.257 bits per heavy atom. The van der Waals surface area contributed by atoms with Gasteiger partial charge in [0.25, 0.3) is 0 Å². The molecule has 0 amide bonds. The molecule has 3 atom stereocenters. The standard InChI is InChI=1S/2C41H28N4O2.C41H28N4O/c1-25-21-28(27-11-4-3-5-12-27)22-26(2)37(25)29-23-43-31-14-10-15-32-38(31)41(44(43)24-29)39-34(47-36-17-8-9-20-42(36)41)18-19-35-40(39)45(32)30-13-6-7-16-33(30)46-35;1-25-21-28(27-11-4-3-5-12-27)22-26(2)37(25)29-23-43-31-18-19-35-40-39(31)41(44(43)24-29)38-32(45(40)30-13-6-7-15-33(30)46-35)14-10-16-34(38)47-36-17-8-9-20-42(36)41;1-25-37(29-20-18-28(19-21-29)27-11-4-3-5-12-27)26(2)45-41-38-33(15-10-16-35(38)46-36-17-8-9-24-42(36)41)43-32-14-7-6-13-30(32)31-22-23-34(44(25)45)39(41)40(31)43/h2*3-24H,1-2H3;3-24H,1-2H3/q3*+2. The summed E-state index contributed by atoms with van der Waals surface area (Å²) in [4.78, 5) is 4.74. The second-order valence-electron chi connectivity index (χ2n) is 38.3. The molecule has 3 spiro atoms. The highest BCUT2D eigenvalue weighted by molar-refractivity contribution is 6.13. The molecule has 3 unspecified atom stereocenters. The monoisotopic (exact) mass is 1810 g/mol. The maximum Gasteiger partial charge on any atom is 0.449 e. The van der Waals surface area contributed by atoms with Crippen molar-refractivity contribution in [2.24, 2.45) is 0 Å². The molecule has 0 saturated heterocycles. The van der Waals surface area contributed by atoms with Crippen molar-refractivity contribution in [3.05, 3.63) is 468 Å². The van der Waals surface area contributed by atoms with E-state index < -0.39 is 17.0 Å². The van der Waals surface area contributed by atoms with Crippen molar-refractivity contribution in [3.8, 4) is 147 Å². The lowest BCUT2D eigenvalue weighted by atomic mass is 9.81. The van der Waals surface area contributed by atoms with Gasteiger partial charge in [-0.05, 0) is 242 Å². The zero-order valence-electron chi connectivity index (χ0n) is 77.0. The van der Waals surface area contributed by atoms with Crippen LogP contribution < -0.4 is 61.2 Å². The summed E-state index contributed by atoms with van der Waals surface area (Å²) in [6.07, 6.45) is 15.7. The molecule has 140 heavy (non-hydrogen) atoms. The molecular formula is C123H84N12O5+6. The number of ether oxygens (including phenoxy) is 5. The number of aromatic nitrogens is 10. The third-order valence-corrected chi connectivity index (χ3v) is 31.0. The first-order chi connectivity index (χ1) is 68.9. The first kappa shape index (κ1) is 77.1. The SMILES string of the molecule is Cc1c(-c2ccc(-c3ccccc3)cc2)c(C)[n+]2n1-c1ccc3c4ccccc4n4c3c1C21c2c(cccc2-4)Oc2cccc[n+]21.Cc1cc(-c2ccccc2)cc(C)c1-c1cn2[n+](c1)C13c4c(cccc4-2)N2c4ccccc4Oc4ccc(c1c42)Oc1cccc[n+]13.Cc1cc(-c2ccccc2)cc(C)c1-c1cn2[n+](c1)C13c4c(cccc4N4c5ccccc5Oc5ccc-2c1c54)Oc1cccc[n+]13. The molecule has 660 valence electrons. The van der Waals surface area contributed by atoms with Gasteiger partial charge in [-0.15, -0.1) is 14.0 Å². The van der Waals surface area contributed by atoms with Crippen molar-refractivity contribution >= 4 is 55.9 Å². The van der Waals surface area contributed by atoms with Crippen molar-refractivity contribution in [1.29, 1.82) is 0 Å². The maximum absolute atomic E-state index is 6.73. The van der Waals surface area contributed by atoms with Gasteiger partial charge in [0.2, 0.25) is 18.1 Å². The van der Waals surface area contributed by atoms with Gasteiger partial charge in [0, 0.05) is 35.9 Å². The largest absolute Gasteiger partial charge is 0.453 e. The Balaban J connectivity index is 0.0000000968. The van der Waals surface area contributed by atoms with Crippen molar-refractivity contribution in [3.63, 3.8) is 0 Å². The number of anilines is 6. The average molecular weight is 1810 g/mol. The van der Waals surface area contributed by atoms with Gasteiger partial charge in [-0.1, -0.05) is 214 Å². The Hall–Kier alpha value is -18.2. The fourth-order valence-electron chi connectivity index (χ4n) is 26.0. The van der Waals surface area contributed by atoms with E-state index >= 15 is 0 Å². The molecule has 17 nitrogen and oxygen atoms in total.